The third-order valence-corrected chi connectivity index (χ3v) is 3.48. The molecule has 1 aromatic carbocycles. The van der Waals surface area contributed by atoms with Gasteiger partial charge in [0, 0.05) is 0 Å². The van der Waals surface area contributed by atoms with E-state index in [0.717, 1.165) is 0 Å². The zero-order valence-electron chi connectivity index (χ0n) is 12.5. The second-order valence-corrected chi connectivity index (χ2v) is 5.23. The van der Waals surface area contributed by atoms with E-state index < -0.39 is 0 Å². The summed E-state index contributed by atoms with van der Waals surface area (Å²) in [5.74, 6) is 0. The van der Waals surface area contributed by atoms with E-state index in [9.17, 15) is 0 Å². The zero-order chi connectivity index (χ0) is 13.2. The van der Waals surface area contributed by atoms with Gasteiger partial charge in [0.15, 0.2) is 0 Å². The van der Waals surface area contributed by atoms with Gasteiger partial charge in [0.05, 0.1) is 0 Å². The normalized spacial score (nSPS) is 10.8. The predicted molar refractivity (Wildman–Crippen MR) is 82.0 cm³/mol. The van der Waals surface area contributed by atoms with Crippen molar-refractivity contribution in [2.24, 2.45) is 0 Å². The van der Waals surface area contributed by atoms with E-state index in [1.807, 2.05) is 0 Å². The Balaban J connectivity index is 2.74. The Bertz CT molecular complexity index is 325. The molecule has 0 spiro atoms. The molecule has 0 aliphatic heterocycles. The number of aryl methyl sites for hydroxylation is 2. The van der Waals surface area contributed by atoms with Crippen molar-refractivity contribution in [3.63, 3.8) is 0 Å². The molecule has 1 radical (unpaired) electrons. The van der Waals surface area contributed by atoms with Crippen LogP contribution < -0.4 is 0 Å². The Kier molecular flexibility index (Phi) is 7.80. The Morgan fingerprint density at radius 3 is 2.28 bits per heavy atom. The molecule has 0 amide bonds. The molecular weight excluding hydrogens is 216 g/mol. The summed E-state index contributed by atoms with van der Waals surface area (Å²) in [5, 5.41) is 0. The molecule has 0 fully saturated rings. The number of rotatable bonds is 9. The molecule has 0 saturated carbocycles. The van der Waals surface area contributed by atoms with Crippen LogP contribution in [0.15, 0.2) is 18.2 Å². The Hall–Kier alpha value is -0.780. The fourth-order valence-electron chi connectivity index (χ4n) is 2.28. The highest BCUT2D eigenvalue weighted by Gasteiger charge is 2.04. The quantitative estimate of drug-likeness (QED) is 0.521. The SMILES string of the molecule is CCC[CH]c1ccc(CCCC)cc1CCCC. The lowest BCUT2D eigenvalue weighted by atomic mass is 9.94. The molecule has 0 aliphatic rings. The van der Waals surface area contributed by atoms with Gasteiger partial charge in [-0.2, -0.15) is 0 Å². The summed E-state index contributed by atoms with van der Waals surface area (Å²) in [6.45, 7) is 6.79. The molecule has 1 rings (SSSR count). The Morgan fingerprint density at radius 2 is 1.61 bits per heavy atom. The Labute approximate surface area is 114 Å². The first-order valence-electron chi connectivity index (χ1n) is 7.76. The number of hydrogen-bond donors (Lipinski definition) is 0. The van der Waals surface area contributed by atoms with Gasteiger partial charge < -0.3 is 0 Å². The van der Waals surface area contributed by atoms with Gasteiger partial charge in [0.25, 0.3) is 0 Å². The van der Waals surface area contributed by atoms with Crippen molar-refractivity contribution >= 4 is 0 Å². The second-order valence-electron chi connectivity index (χ2n) is 5.23. The summed E-state index contributed by atoms with van der Waals surface area (Å²) in [6.07, 6.45) is 12.5. The smallest absolute Gasteiger partial charge is 0.00904 e. The van der Waals surface area contributed by atoms with Crippen molar-refractivity contribution < 1.29 is 0 Å². The van der Waals surface area contributed by atoms with Gasteiger partial charge in [0.1, 0.15) is 0 Å². The second kappa shape index (κ2) is 9.19. The van der Waals surface area contributed by atoms with Crippen molar-refractivity contribution in [2.45, 2.75) is 72.1 Å². The van der Waals surface area contributed by atoms with Crippen molar-refractivity contribution in [2.75, 3.05) is 0 Å². The van der Waals surface area contributed by atoms with Crippen LogP contribution in [0.4, 0.5) is 0 Å². The Morgan fingerprint density at radius 1 is 0.889 bits per heavy atom. The van der Waals surface area contributed by atoms with Gasteiger partial charge in [-0.3, -0.25) is 0 Å². The molecule has 0 heteroatoms. The van der Waals surface area contributed by atoms with Crippen LogP contribution in [0, 0.1) is 6.42 Å². The van der Waals surface area contributed by atoms with E-state index in [2.05, 4.69) is 45.4 Å². The van der Waals surface area contributed by atoms with Crippen molar-refractivity contribution in [3.05, 3.63) is 41.3 Å². The first-order valence-corrected chi connectivity index (χ1v) is 7.76. The van der Waals surface area contributed by atoms with E-state index in [1.165, 1.54) is 62.5 Å². The maximum atomic E-state index is 2.45. The lowest BCUT2D eigenvalue weighted by molar-refractivity contribution is 0.776. The van der Waals surface area contributed by atoms with Crippen LogP contribution in [0.3, 0.4) is 0 Å². The third kappa shape index (κ3) is 5.25. The van der Waals surface area contributed by atoms with Crippen LogP contribution in [-0.2, 0) is 12.8 Å². The molecule has 0 aromatic heterocycles. The zero-order valence-corrected chi connectivity index (χ0v) is 12.5. The first-order chi connectivity index (χ1) is 8.81. The van der Waals surface area contributed by atoms with Gasteiger partial charge in [-0.05, 0) is 55.2 Å². The highest BCUT2D eigenvalue weighted by Crippen LogP contribution is 2.19. The molecule has 0 nitrogen and oxygen atoms in total. The molecule has 0 atom stereocenters. The average molecular weight is 245 g/mol. The van der Waals surface area contributed by atoms with Gasteiger partial charge in [-0.1, -0.05) is 58.2 Å². The van der Waals surface area contributed by atoms with E-state index in [0.29, 0.717) is 0 Å². The van der Waals surface area contributed by atoms with Crippen LogP contribution in [0.25, 0.3) is 0 Å². The fraction of sp³-hybridized carbons (Fsp3) is 0.611. The minimum atomic E-state index is 1.20. The van der Waals surface area contributed by atoms with E-state index in [1.54, 1.807) is 5.56 Å². The molecule has 101 valence electrons. The number of benzene rings is 1. The van der Waals surface area contributed by atoms with Crippen molar-refractivity contribution in [1.82, 2.24) is 0 Å². The summed E-state index contributed by atoms with van der Waals surface area (Å²) < 4.78 is 0. The van der Waals surface area contributed by atoms with E-state index in [4.69, 9.17) is 0 Å². The van der Waals surface area contributed by atoms with Gasteiger partial charge in [0.2, 0.25) is 0 Å². The van der Waals surface area contributed by atoms with Crippen LogP contribution in [0.2, 0.25) is 0 Å². The average Bonchev–Trinajstić information content (AvgIpc) is 2.41. The standard InChI is InChI=1S/C18H29/c1-4-7-10-16-13-14-17(11-8-5-2)18(15-16)12-9-6-3/h11,13-15H,4-10,12H2,1-3H3. The lowest BCUT2D eigenvalue weighted by Gasteiger charge is -2.11. The largest absolute Gasteiger partial charge is 0.0654 e. The van der Waals surface area contributed by atoms with Crippen LogP contribution in [0.5, 0.6) is 0 Å². The summed E-state index contributed by atoms with van der Waals surface area (Å²) in [6, 6.07) is 7.12. The molecule has 1 aromatic rings. The number of hydrogen-bond acceptors (Lipinski definition) is 0. The summed E-state index contributed by atoms with van der Waals surface area (Å²) in [7, 11) is 0. The van der Waals surface area contributed by atoms with Gasteiger partial charge in [-0.25, -0.2) is 0 Å². The topological polar surface area (TPSA) is 0 Å². The van der Waals surface area contributed by atoms with Crippen LogP contribution in [0.1, 0.15) is 76.0 Å². The summed E-state index contributed by atoms with van der Waals surface area (Å²) in [5.41, 5.74) is 4.57. The molecule has 0 N–H and O–H groups in total. The lowest BCUT2D eigenvalue weighted by Crippen LogP contribution is -1.96. The van der Waals surface area contributed by atoms with Crippen molar-refractivity contribution in [3.8, 4) is 0 Å². The third-order valence-electron chi connectivity index (χ3n) is 3.48. The van der Waals surface area contributed by atoms with Crippen molar-refractivity contribution in [1.29, 1.82) is 0 Å². The molecule has 0 heterocycles. The summed E-state index contributed by atoms with van der Waals surface area (Å²) >= 11 is 0. The maximum absolute atomic E-state index is 2.45. The van der Waals surface area contributed by atoms with Crippen LogP contribution in [-0.4, -0.2) is 0 Å². The minimum Gasteiger partial charge on any atom is -0.0654 e. The van der Waals surface area contributed by atoms with E-state index >= 15 is 0 Å². The van der Waals surface area contributed by atoms with Crippen LogP contribution >= 0.6 is 0 Å². The molecule has 0 unspecified atom stereocenters. The van der Waals surface area contributed by atoms with Gasteiger partial charge in [-0.15, -0.1) is 0 Å². The predicted octanol–water partition coefficient (Wildman–Crippen LogP) is 5.72. The molecule has 18 heavy (non-hydrogen) atoms. The maximum Gasteiger partial charge on any atom is -0.00904 e. The summed E-state index contributed by atoms with van der Waals surface area (Å²) in [4.78, 5) is 0. The molecular formula is C18H29. The highest BCUT2D eigenvalue weighted by atomic mass is 14.1. The molecule has 0 bridgehead atoms. The fourth-order valence-corrected chi connectivity index (χ4v) is 2.28. The number of unbranched alkanes of at least 4 members (excludes halogenated alkanes) is 3. The molecule has 0 saturated heterocycles. The molecule has 0 aliphatic carbocycles. The first kappa shape index (κ1) is 15.3. The highest BCUT2D eigenvalue weighted by molar-refractivity contribution is 5.37. The minimum absolute atomic E-state index is 1.20. The van der Waals surface area contributed by atoms with Gasteiger partial charge >= 0.3 is 0 Å². The monoisotopic (exact) mass is 245 g/mol. The van der Waals surface area contributed by atoms with E-state index in [-0.39, 0.29) is 0 Å².